The van der Waals surface area contributed by atoms with Crippen molar-refractivity contribution in [3.05, 3.63) is 58.6 Å². The Kier molecular flexibility index (Phi) is 6.79. The lowest BCUT2D eigenvalue weighted by molar-refractivity contribution is 0.0977. The smallest absolute Gasteiger partial charge is 0.257 e. The minimum Gasteiger partial charge on any atom is -0.491 e. The quantitative estimate of drug-likeness (QED) is 0.724. The summed E-state index contributed by atoms with van der Waals surface area (Å²) < 4.78 is 5.70. The zero-order chi connectivity index (χ0) is 18.4. The fourth-order valence-corrected chi connectivity index (χ4v) is 2.43. The molecule has 0 aliphatic carbocycles. The van der Waals surface area contributed by atoms with Crippen molar-refractivity contribution < 1.29 is 9.53 Å². The molecular weight excluding hydrogens is 356 g/mol. The standard InChI is InChI=1S/C19H21ClN2O2S/c1-4-13(3)24-16-9-6-14(7-10-16)18(23)22-19(25)21-17-11-15(20)8-5-12(17)2/h5-11,13H,4H2,1-3H3,(H2,21,22,23,25). The van der Waals surface area contributed by atoms with Crippen molar-refractivity contribution in [3.8, 4) is 5.75 Å². The maximum Gasteiger partial charge on any atom is 0.257 e. The molecule has 1 atom stereocenters. The summed E-state index contributed by atoms with van der Waals surface area (Å²) in [5.41, 5.74) is 2.24. The number of carbonyl (C=O) groups excluding carboxylic acids is 1. The second-order valence-electron chi connectivity index (χ2n) is 5.73. The van der Waals surface area contributed by atoms with Crippen LogP contribution in [0.25, 0.3) is 0 Å². The van der Waals surface area contributed by atoms with Gasteiger partial charge in [0.2, 0.25) is 0 Å². The Hall–Kier alpha value is -2.11. The van der Waals surface area contributed by atoms with Crippen LogP contribution in [0, 0.1) is 6.92 Å². The van der Waals surface area contributed by atoms with Crippen LogP contribution in [0.4, 0.5) is 5.69 Å². The monoisotopic (exact) mass is 376 g/mol. The number of aryl methyl sites for hydroxylation is 1. The number of amides is 1. The molecule has 0 heterocycles. The topological polar surface area (TPSA) is 50.4 Å². The number of carbonyl (C=O) groups is 1. The summed E-state index contributed by atoms with van der Waals surface area (Å²) in [7, 11) is 0. The molecule has 25 heavy (non-hydrogen) atoms. The zero-order valence-corrected chi connectivity index (χ0v) is 16.0. The summed E-state index contributed by atoms with van der Waals surface area (Å²) in [6.45, 7) is 5.99. The van der Waals surface area contributed by atoms with E-state index in [2.05, 4.69) is 17.6 Å². The van der Waals surface area contributed by atoms with Crippen LogP contribution < -0.4 is 15.4 Å². The van der Waals surface area contributed by atoms with Gasteiger partial charge in [-0.2, -0.15) is 0 Å². The van der Waals surface area contributed by atoms with E-state index in [-0.39, 0.29) is 17.1 Å². The number of halogens is 1. The van der Waals surface area contributed by atoms with Crippen molar-refractivity contribution in [1.82, 2.24) is 5.32 Å². The predicted octanol–water partition coefficient (Wildman–Crippen LogP) is 4.95. The summed E-state index contributed by atoms with van der Waals surface area (Å²) in [5, 5.41) is 6.46. The third-order valence-corrected chi connectivity index (χ3v) is 4.14. The van der Waals surface area contributed by atoms with Crippen molar-refractivity contribution in [3.63, 3.8) is 0 Å². The molecule has 2 rings (SSSR count). The number of thiocarbonyl (C=S) groups is 1. The zero-order valence-electron chi connectivity index (χ0n) is 14.4. The third-order valence-electron chi connectivity index (χ3n) is 3.70. The molecule has 0 aliphatic rings. The maximum absolute atomic E-state index is 12.3. The molecule has 0 bridgehead atoms. The predicted molar refractivity (Wildman–Crippen MR) is 107 cm³/mol. The van der Waals surface area contributed by atoms with Gasteiger partial charge in [0.25, 0.3) is 5.91 Å². The van der Waals surface area contributed by atoms with Crippen LogP contribution in [0.3, 0.4) is 0 Å². The van der Waals surface area contributed by atoms with Gasteiger partial charge in [0.05, 0.1) is 6.10 Å². The van der Waals surface area contributed by atoms with Crippen LogP contribution >= 0.6 is 23.8 Å². The van der Waals surface area contributed by atoms with E-state index in [1.807, 2.05) is 19.9 Å². The maximum atomic E-state index is 12.3. The van der Waals surface area contributed by atoms with Gasteiger partial charge in [-0.3, -0.25) is 10.1 Å². The van der Waals surface area contributed by atoms with Crippen molar-refractivity contribution in [2.75, 3.05) is 5.32 Å². The highest BCUT2D eigenvalue weighted by molar-refractivity contribution is 7.80. The van der Waals surface area contributed by atoms with Crippen molar-refractivity contribution in [2.45, 2.75) is 33.3 Å². The average molecular weight is 377 g/mol. The number of rotatable bonds is 5. The third kappa shape index (κ3) is 5.73. The van der Waals surface area contributed by atoms with Crippen LogP contribution in [-0.2, 0) is 0 Å². The summed E-state index contributed by atoms with van der Waals surface area (Å²) in [4.78, 5) is 12.3. The van der Waals surface area contributed by atoms with Gasteiger partial charge in [0.15, 0.2) is 5.11 Å². The molecule has 0 aromatic heterocycles. The Morgan fingerprint density at radius 3 is 2.56 bits per heavy atom. The fraction of sp³-hybridized carbons (Fsp3) is 0.263. The lowest BCUT2D eigenvalue weighted by Gasteiger charge is -2.14. The molecule has 0 radical (unpaired) electrons. The first-order valence-corrected chi connectivity index (χ1v) is 8.83. The van der Waals surface area contributed by atoms with E-state index in [0.29, 0.717) is 10.6 Å². The molecular formula is C19H21ClN2O2S. The molecule has 0 aliphatic heterocycles. The minimum absolute atomic E-state index is 0.136. The lowest BCUT2D eigenvalue weighted by Crippen LogP contribution is -2.34. The Balaban J connectivity index is 1.96. The Morgan fingerprint density at radius 1 is 1.24 bits per heavy atom. The molecule has 2 aromatic rings. The van der Waals surface area contributed by atoms with Gasteiger partial charge < -0.3 is 10.1 Å². The van der Waals surface area contributed by atoms with Crippen LogP contribution in [-0.4, -0.2) is 17.1 Å². The summed E-state index contributed by atoms with van der Waals surface area (Å²) in [6.07, 6.45) is 1.06. The molecule has 4 nitrogen and oxygen atoms in total. The molecule has 0 fully saturated rings. The van der Waals surface area contributed by atoms with E-state index in [0.717, 1.165) is 23.4 Å². The normalized spacial score (nSPS) is 11.5. The molecule has 6 heteroatoms. The van der Waals surface area contributed by atoms with E-state index in [9.17, 15) is 4.79 Å². The lowest BCUT2D eigenvalue weighted by atomic mass is 10.2. The Morgan fingerprint density at radius 2 is 1.92 bits per heavy atom. The van der Waals surface area contributed by atoms with Crippen LogP contribution in [0.15, 0.2) is 42.5 Å². The molecule has 2 N–H and O–H groups in total. The molecule has 2 aromatic carbocycles. The highest BCUT2D eigenvalue weighted by Gasteiger charge is 2.10. The summed E-state index contributed by atoms with van der Waals surface area (Å²) in [6, 6.07) is 12.4. The van der Waals surface area contributed by atoms with E-state index in [1.54, 1.807) is 36.4 Å². The SMILES string of the molecule is CCC(C)Oc1ccc(C(=O)NC(=S)Nc2cc(Cl)ccc2C)cc1. The van der Waals surface area contributed by atoms with Gasteiger partial charge in [-0.25, -0.2) is 0 Å². The molecule has 0 spiro atoms. The van der Waals surface area contributed by atoms with Gasteiger partial charge in [-0.15, -0.1) is 0 Å². The second kappa shape index (κ2) is 8.83. The highest BCUT2D eigenvalue weighted by atomic mass is 35.5. The molecule has 0 saturated heterocycles. The van der Waals surface area contributed by atoms with Gasteiger partial charge in [-0.05, 0) is 74.4 Å². The second-order valence-corrected chi connectivity index (χ2v) is 6.57. The molecule has 132 valence electrons. The largest absolute Gasteiger partial charge is 0.491 e. The summed E-state index contributed by atoms with van der Waals surface area (Å²) in [5.74, 6) is 0.452. The number of nitrogens with one attached hydrogen (secondary N) is 2. The summed E-state index contributed by atoms with van der Waals surface area (Å²) >= 11 is 11.2. The number of ether oxygens (including phenoxy) is 1. The van der Waals surface area contributed by atoms with E-state index >= 15 is 0 Å². The first-order chi connectivity index (χ1) is 11.9. The molecule has 1 amide bonds. The number of hydrogen-bond acceptors (Lipinski definition) is 3. The average Bonchev–Trinajstić information content (AvgIpc) is 2.58. The van der Waals surface area contributed by atoms with Gasteiger partial charge in [0.1, 0.15) is 5.75 Å². The van der Waals surface area contributed by atoms with Crippen molar-refractivity contribution in [2.24, 2.45) is 0 Å². The number of anilines is 1. The number of benzene rings is 2. The Bertz CT molecular complexity index is 763. The van der Waals surface area contributed by atoms with Crippen LogP contribution in [0.1, 0.15) is 36.2 Å². The van der Waals surface area contributed by atoms with Crippen molar-refractivity contribution in [1.29, 1.82) is 0 Å². The minimum atomic E-state index is -0.285. The first-order valence-electron chi connectivity index (χ1n) is 8.04. The fourth-order valence-electron chi connectivity index (χ4n) is 2.06. The van der Waals surface area contributed by atoms with E-state index < -0.39 is 0 Å². The van der Waals surface area contributed by atoms with Crippen LogP contribution in [0.5, 0.6) is 5.75 Å². The Labute approximate surface area is 158 Å². The highest BCUT2D eigenvalue weighted by Crippen LogP contribution is 2.20. The first kappa shape index (κ1) is 19.2. The number of hydrogen-bond donors (Lipinski definition) is 2. The molecule has 0 saturated carbocycles. The van der Waals surface area contributed by atoms with Gasteiger partial charge >= 0.3 is 0 Å². The van der Waals surface area contributed by atoms with E-state index in [1.165, 1.54) is 0 Å². The molecule has 1 unspecified atom stereocenters. The van der Waals surface area contributed by atoms with Gasteiger partial charge in [0, 0.05) is 16.3 Å². The van der Waals surface area contributed by atoms with Crippen LogP contribution in [0.2, 0.25) is 5.02 Å². The van der Waals surface area contributed by atoms with E-state index in [4.69, 9.17) is 28.6 Å². The van der Waals surface area contributed by atoms with Gasteiger partial charge in [-0.1, -0.05) is 24.6 Å². The van der Waals surface area contributed by atoms with Crippen molar-refractivity contribution >= 4 is 40.5 Å².